The van der Waals surface area contributed by atoms with Crippen LogP contribution in [0.4, 0.5) is 0 Å². The molecule has 0 aromatic heterocycles. The molecule has 0 heterocycles. The van der Waals surface area contributed by atoms with Gasteiger partial charge >= 0.3 is 5.97 Å². The molecule has 230 valence electrons. The molecular formula is C37H70O2. The van der Waals surface area contributed by atoms with E-state index in [1.807, 2.05) is 0 Å². The molecule has 0 rings (SSSR count). The molecule has 0 bridgehead atoms. The van der Waals surface area contributed by atoms with E-state index in [1.54, 1.807) is 0 Å². The average Bonchev–Trinajstić information content (AvgIpc) is 2.93. The van der Waals surface area contributed by atoms with Crippen LogP contribution < -0.4 is 0 Å². The van der Waals surface area contributed by atoms with Crippen LogP contribution in [0.1, 0.15) is 206 Å². The normalized spacial score (nSPS) is 11.8. The highest BCUT2D eigenvalue weighted by Crippen LogP contribution is 2.15. The predicted octanol–water partition coefficient (Wildman–Crippen LogP) is 13.3. The number of carbonyl (C=O) groups is 1. The fourth-order valence-electron chi connectivity index (χ4n) is 5.39. The largest absolute Gasteiger partial charge is 0.481 e. The molecule has 0 aromatic carbocycles. The first kappa shape index (κ1) is 38.0. The minimum atomic E-state index is -0.650. The summed E-state index contributed by atoms with van der Waals surface area (Å²) in [6, 6.07) is 0. The predicted molar refractivity (Wildman–Crippen MR) is 175 cm³/mol. The van der Waals surface area contributed by atoms with Gasteiger partial charge in [0.15, 0.2) is 0 Å². The lowest BCUT2D eigenvalue weighted by Gasteiger charge is -2.04. The van der Waals surface area contributed by atoms with E-state index < -0.39 is 5.97 Å². The van der Waals surface area contributed by atoms with Crippen LogP contribution in [0.25, 0.3) is 0 Å². The lowest BCUT2D eigenvalue weighted by molar-refractivity contribution is -0.137. The van der Waals surface area contributed by atoms with E-state index in [4.69, 9.17) is 5.11 Å². The topological polar surface area (TPSA) is 37.3 Å². The summed E-state index contributed by atoms with van der Waals surface area (Å²) in [4.78, 5) is 10.5. The lowest BCUT2D eigenvalue weighted by Crippen LogP contribution is -1.93. The summed E-state index contributed by atoms with van der Waals surface area (Å²) in [5.41, 5.74) is 0. The summed E-state index contributed by atoms with van der Waals surface area (Å²) in [7, 11) is 0. The van der Waals surface area contributed by atoms with Gasteiger partial charge in [0.05, 0.1) is 0 Å². The van der Waals surface area contributed by atoms with Gasteiger partial charge in [-0.3, -0.25) is 4.79 Å². The van der Waals surface area contributed by atoms with Crippen molar-refractivity contribution in [2.45, 2.75) is 206 Å². The van der Waals surface area contributed by atoms with Crippen LogP contribution in [0.15, 0.2) is 24.3 Å². The van der Waals surface area contributed by atoms with Crippen LogP contribution in [-0.4, -0.2) is 11.1 Å². The Morgan fingerprint density at radius 2 is 0.615 bits per heavy atom. The monoisotopic (exact) mass is 547 g/mol. The zero-order valence-electron chi connectivity index (χ0n) is 26.6. The number of carboxylic acids is 1. The Morgan fingerprint density at radius 1 is 0.385 bits per heavy atom. The van der Waals surface area contributed by atoms with Crippen molar-refractivity contribution in [2.75, 3.05) is 0 Å². The molecule has 2 heteroatoms. The molecule has 0 amide bonds. The van der Waals surface area contributed by atoms with Crippen molar-refractivity contribution in [3.05, 3.63) is 24.3 Å². The molecule has 1 N–H and O–H groups in total. The van der Waals surface area contributed by atoms with Gasteiger partial charge in [-0.05, 0) is 51.4 Å². The van der Waals surface area contributed by atoms with Gasteiger partial charge in [-0.1, -0.05) is 172 Å². The molecular weight excluding hydrogens is 476 g/mol. The second-order valence-corrected chi connectivity index (χ2v) is 12.1. The number of unbranched alkanes of at least 4 members (excludes halogenated alkanes) is 27. The maximum absolute atomic E-state index is 10.5. The van der Waals surface area contributed by atoms with Crippen molar-refractivity contribution in [3.63, 3.8) is 0 Å². The van der Waals surface area contributed by atoms with E-state index in [9.17, 15) is 4.79 Å². The Balaban J connectivity index is 3.11. The van der Waals surface area contributed by atoms with Crippen molar-refractivity contribution in [1.29, 1.82) is 0 Å². The quantitative estimate of drug-likeness (QED) is 0.0656. The lowest BCUT2D eigenvalue weighted by atomic mass is 10.0. The van der Waals surface area contributed by atoms with Crippen LogP contribution in [0.2, 0.25) is 0 Å². The van der Waals surface area contributed by atoms with E-state index in [-0.39, 0.29) is 0 Å². The van der Waals surface area contributed by atoms with Crippen LogP contribution in [0, 0.1) is 0 Å². The minimum Gasteiger partial charge on any atom is -0.481 e. The molecule has 0 radical (unpaired) electrons. The highest BCUT2D eigenvalue weighted by Gasteiger charge is 1.97. The molecule has 39 heavy (non-hydrogen) atoms. The van der Waals surface area contributed by atoms with E-state index in [0.29, 0.717) is 6.42 Å². The van der Waals surface area contributed by atoms with Gasteiger partial charge in [0.1, 0.15) is 0 Å². The minimum absolute atomic E-state index is 0.344. The second-order valence-electron chi connectivity index (χ2n) is 12.1. The third-order valence-electron chi connectivity index (χ3n) is 8.06. The molecule has 0 aromatic rings. The Bertz CT molecular complexity index is 522. The molecule has 0 aliphatic carbocycles. The second kappa shape index (κ2) is 35.0. The highest BCUT2D eigenvalue weighted by atomic mass is 16.4. The molecule has 0 aliphatic rings. The Morgan fingerprint density at radius 3 is 0.872 bits per heavy atom. The summed E-state index contributed by atoms with van der Waals surface area (Å²) < 4.78 is 0. The van der Waals surface area contributed by atoms with Crippen molar-refractivity contribution >= 4 is 5.97 Å². The Kier molecular flexibility index (Phi) is 34.0. The zero-order chi connectivity index (χ0) is 28.3. The summed E-state index contributed by atoms with van der Waals surface area (Å²) in [6.07, 6.45) is 50.5. The molecule has 0 aliphatic heterocycles. The van der Waals surface area contributed by atoms with Gasteiger partial charge in [-0.25, -0.2) is 0 Å². The number of hydrogen-bond donors (Lipinski definition) is 1. The third-order valence-corrected chi connectivity index (χ3v) is 8.06. The number of rotatable bonds is 33. The van der Waals surface area contributed by atoms with Crippen LogP contribution in [0.5, 0.6) is 0 Å². The van der Waals surface area contributed by atoms with E-state index in [2.05, 4.69) is 31.2 Å². The molecule has 0 unspecified atom stereocenters. The van der Waals surface area contributed by atoms with Crippen molar-refractivity contribution in [1.82, 2.24) is 0 Å². The fourth-order valence-corrected chi connectivity index (χ4v) is 5.39. The zero-order valence-corrected chi connectivity index (χ0v) is 26.6. The third kappa shape index (κ3) is 37.0. The molecule has 2 nitrogen and oxygen atoms in total. The number of aliphatic carboxylic acids is 1. The summed E-state index contributed by atoms with van der Waals surface area (Å²) in [6.45, 7) is 2.26. The molecule has 0 fully saturated rings. The van der Waals surface area contributed by atoms with Gasteiger partial charge in [0, 0.05) is 6.42 Å². The highest BCUT2D eigenvalue weighted by molar-refractivity contribution is 5.66. The SMILES string of the molecule is CCCC/C=C/CCCCCCC/C=C/CCCCCCCCCCCCCCCCCCCCCC(=O)O. The number of carboxylic acid groups (broad SMARTS) is 1. The van der Waals surface area contributed by atoms with Crippen molar-refractivity contribution < 1.29 is 9.90 Å². The smallest absolute Gasteiger partial charge is 0.303 e. The van der Waals surface area contributed by atoms with Gasteiger partial charge in [0.2, 0.25) is 0 Å². The van der Waals surface area contributed by atoms with E-state index in [1.165, 1.54) is 180 Å². The molecule has 0 spiro atoms. The van der Waals surface area contributed by atoms with Gasteiger partial charge in [0.25, 0.3) is 0 Å². The van der Waals surface area contributed by atoms with Crippen LogP contribution >= 0.6 is 0 Å². The maximum atomic E-state index is 10.5. The Hall–Kier alpha value is -1.05. The summed E-state index contributed by atoms with van der Waals surface area (Å²) >= 11 is 0. The van der Waals surface area contributed by atoms with Gasteiger partial charge in [-0.15, -0.1) is 0 Å². The standard InChI is InChI=1S/C37H70O2/c1-2-3-4-5-6-7-8-9-10-11-12-13-14-15-16-17-18-19-20-21-22-23-24-25-26-27-28-29-30-31-32-33-34-35-36-37(38)39/h5-6,14-15H,2-4,7-13,16-36H2,1H3,(H,38,39)/b6-5+,15-14+. The van der Waals surface area contributed by atoms with Crippen molar-refractivity contribution in [3.8, 4) is 0 Å². The molecule has 0 atom stereocenters. The number of hydrogen-bond acceptors (Lipinski definition) is 1. The molecule has 0 saturated carbocycles. The summed E-state index contributed by atoms with van der Waals surface area (Å²) in [5.74, 6) is -0.650. The van der Waals surface area contributed by atoms with E-state index >= 15 is 0 Å². The fraction of sp³-hybridized carbons (Fsp3) is 0.865. The van der Waals surface area contributed by atoms with Gasteiger partial charge in [-0.2, -0.15) is 0 Å². The van der Waals surface area contributed by atoms with Crippen LogP contribution in [0.3, 0.4) is 0 Å². The molecule has 0 saturated heterocycles. The maximum Gasteiger partial charge on any atom is 0.303 e. The van der Waals surface area contributed by atoms with Crippen molar-refractivity contribution in [2.24, 2.45) is 0 Å². The summed E-state index contributed by atoms with van der Waals surface area (Å²) in [5, 5.41) is 8.63. The number of allylic oxidation sites excluding steroid dienone is 4. The first-order valence-corrected chi connectivity index (χ1v) is 17.8. The average molecular weight is 547 g/mol. The van der Waals surface area contributed by atoms with Gasteiger partial charge < -0.3 is 5.11 Å². The van der Waals surface area contributed by atoms with Crippen LogP contribution in [-0.2, 0) is 4.79 Å². The Labute approximate surface area is 245 Å². The van der Waals surface area contributed by atoms with E-state index in [0.717, 1.165) is 12.8 Å². The first-order valence-electron chi connectivity index (χ1n) is 17.8. The first-order chi connectivity index (χ1) is 19.3.